The zero-order valence-corrected chi connectivity index (χ0v) is 16.9. The van der Waals surface area contributed by atoms with Crippen molar-refractivity contribution in [3.8, 4) is 0 Å². The third-order valence-corrected chi connectivity index (χ3v) is 5.87. The second-order valence-corrected chi connectivity index (χ2v) is 7.80. The van der Waals surface area contributed by atoms with Crippen LogP contribution >= 0.6 is 0 Å². The van der Waals surface area contributed by atoms with Gasteiger partial charge in [0.25, 0.3) is 0 Å². The van der Waals surface area contributed by atoms with E-state index in [1.165, 1.54) is 6.08 Å². The van der Waals surface area contributed by atoms with Crippen LogP contribution in [-0.2, 0) is 15.8 Å². The van der Waals surface area contributed by atoms with Crippen molar-refractivity contribution in [3.05, 3.63) is 53.5 Å². The first-order chi connectivity index (χ1) is 14.7. The van der Waals surface area contributed by atoms with E-state index in [-0.39, 0.29) is 29.7 Å². The van der Waals surface area contributed by atoms with Crippen molar-refractivity contribution in [1.82, 2.24) is 20.2 Å². The van der Waals surface area contributed by atoms with E-state index < -0.39 is 11.9 Å². The van der Waals surface area contributed by atoms with Crippen molar-refractivity contribution in [2.75, 3.05) is 25.0 Å². The van der Waals surface area contributed by atoms with Gasteiger partial charge in [-0.2, -0.15) is 13.2 Å². The molecule has 1 aromatic heterocycles. The van der Waals surface area contributed by atoms with Crippen LogP contribution in [0.15, 0.2) is 47.8 Å². The van der Waals surface area contributed by atoms with Gasteiger partial charge in [0.1, 0.15) is 5.69 Å². The smallest absolute Gasteiger partial charge is 0.341 e. The van der Waals surface area contributed by atoms with Crippen molar-refractivity contribution in [1.29, 1.82) is 0 Å². The summed E-state index contributed by atoms with van der Waals surface area (Å²) in [5.74, 6) is -0.447. The Balaban J connectivity index is 1.40. The molecular weight excluding hydrogens is 411 g/mol. The Labute approximate surface area is 177 Å². The molecule has 0 radical (unpaired) electrons. The van der Waals surface area contributed by atoms with Crippen LogP contribution in [0.25, 0.3) is 0 Å². The molecule has 3 heterocycles. The number of alkyl halides is 3. The van der Waals surface area contributed by atoms with Gasteiger partial charge in [-0.1, -0.05) is 6.08 Å². The predicted octanol–water partition coefficient (Wildman–Crippen LogP) is 2.44. The van der Waals surface area contributed by atoms with Crippen molar-refractivity contribution >= 4 is 17.8 Å². The van der Waals surface area contributed by atoms with Crippen LogP contribution in [0.1, 0.15) is 25.0 Å². The van der Waals surface area contributed by atoms with Crippen LogP contribution in [0.5, 0.6) is 0 Å². The molecule has 164 valence electrons. The number of likely N-dealkylation sites (N-methyl/N-ethyl adjacent to an activating group) is 1. The highest BCUT2D eigenvalue weighted by Gasteiger charge is 2.34. The van der Waals surface area contributed by atoms with Gasteiger partial charge in [-0.05, 0) is 43.1 Å². The number of allylic oxidation sites excluding steroid dienone is 1. The molecule has 2 amide bonds. The highest BCUT2D eigenvalue weighted by atomic mass is 19.4. The standard InChI is InChI=1S/C21H22F3N5O2/c1-28-16-4-2-3-15(14(16)5-6-18(28)30)26-19(31)13-8-11-29(12-9-13)20-25-10-7-17(27-20)21(22,23)24/h2-3,5-7,10,13,16H,4,8-9,11-12H2,1H3,(H,26,31). The van der Waals surface area contributed by atoms with E-state index in [0.717, 1.165) is 17.8 Å². The first kappa shape index (κ1) is 21.1. The molecule has 10 heteroatoms. The molecule has 0 saturated carbocycles. The van der Waals surface area contributed by atoms with Crippen LogP contribution in [-0.4, -0.2) is 52.9 Å². The van der Waals surface area contributed by atoms with Gasteiger partial charge >= 0.3 is 6.18 Å². The molecule has 1 aromatic rings. The Morgan fingerprint density at radius 1 is 1.19 bits per heavy atom. The monoisotopic (exact) mass is 433 g/mol. The zero-order valence-electron chi connectivity index (χ0n) is 16.9. The normalized spacial score (nSPS) is 22.1. The average molecular weight is 433 g/mol. The molecule has 1 atom stereocenters. The van der Waals surface area contributed by atoms with E-state index >= 15 is 0 Å². The van der Waals surface area contributed by atoms with Gasteiger partial charge in [-0.15, -0.1) is 0 Å². The van der Waals surface area contributed by atoms with Crippen LogP contribution in [0.2, 0.25) is 0 Å². The van der Waals surface area contributed by atoms with Gasteiger partial charge in [0.2, 0.25) is 17.8 Å². The quantitative estimate of drug-likeness (QED) is 0.792. The van der Waals surface area contributed by atoms with Gasteiger partial charge in [-0.3, -0.25) is 9.59 Å². The summed E-state index contributed by atoms with van der Waals surface area (Å²) >= 11 is 0. The minimum Gasteiger partial charge on any atom is -0.341 e. The number of hydrogen-bond donors (Lipinski definition) is 1. The summed E-state index contributed by atoms with van der Waals surface area (Å²) in [4.78, 5) is 35.6. The number of nitrogens with zero attached hydrogens (tertiary/aromatic N) is 4. The summed E-state index contributed by atoms with van der Waals surface area (Å²) in [5, 5.41) is 2.97. The maximum Gasteiger partial charge on any atom is 0.433 e. The summed E-state index contributed by atoms with van der Waals surface area (Å²) in [6.07, 6.45) is 5.25. The minimum absolute atomic E-state index is 0.0247. The van der Waals surface area contributed by atoms with Crippen LogP contribution in [0.3, 0.4) is 0 Å². The summed E-state index contributed by atoms with van der Waals surface area (Å²) in [6.45, 7) is 0.780. The SMILES string of the molecule is CN1C(=O)C=CC2=C(NC(=O)C3CCN(c4nccc(C(F)(F)F)n4)CC3)C=CCC21. The lowest BCUT2D eigenvalue weighted by Gasteiger charge is -2.35. The van der Waals surface area contributed by atoms with Crippen molar-refractivity contribution in [2.45, 2.75) is 31.5 Å². The van der Waals surface area contributed by atoms with Crippen LogP contribution in [0, 0.1) is 5.92 Å². The second-order valence-electron chi connectivity index (χ2n) is 7.80. The number of nitrogens with one attached hydrogen (secondary N) is 1. The van der Waals surface area contributed by atoms with E-state index in [9.17, 15) is 22.8 Å². The molecule has 1 fully saturated rings. The molecular formula is C21H22F3N5O2. The summed E-state index contributed by atoms with van der Waals surface area (Å²) in [6, 6.07) is 0.742. The molecule has 1 saturated heterocycles. The molecule has 1 unspecified atom stereocenters. The Bertz CT molecular complexity index is 977. The van der Waals surface area contributed by atoms with E-state index in [1.54, 1.807) is 22.9 Å². The third kappa shape index (κ3) is 4.33. The predicted molar refractivity (Wildman–Crippen MR) is 107 cm³/mol. The van der Waals surface area contributed by atoms with Gasteiger partial charge < -0.3 is 15.1 Å². The fourth-order valence-corrected chi connectivity index (χ4v) is 4.07. The topological polar surface area (TPSA) is 78.4 Å². The van der Waals surface area contributed by atoms with Crippen LogP contribution in [0.4, 0.5) is 19.1 Å². The largest absolute Gasteiger partial charge is 0.433 e. The zero-order chi connectivity index (χ0) is 22.2. The molecule has 2 aliphatic heterocycles. The molecule has 1 aliphatic carbocycles. The fraction of sp³-hybridized carbons (Fsp3) is 0.429. The fourth-order valence-electron chi connectivity index (χ4n) is 4.07. The Hall–Kier alpha value is -3.17. The highest BCUT2D eigenvalue weighted by Crippen LogP contribution is 2.30. The lowest BCUT2D eigenvalue weighted by molar-refractivity contribution is -0.141. The van der Waals surface area contributed by atoms with Crippen molar-refractivity contribution < 1.29 is 22.8 Å². The number of fused-ring (bicyclic) bond motifs is 1. The van der Waals surface area contributed by atoms with E-state index in [1.807, 2.05) is 12.2 Å². The number of carbonyl (C=O) groups excluding carboxylic acids is 2. The van der Waals surface area contributed by atoms with Crippen LogP contribution < -0.4 is 10.2 Å². The Morgan fingerprint density at radius 3 is 2.65 bits per heavy atom. The molecule has 0 aromatic carbocycles. The lowest BCUT2D eigenvalue weighted by Crippen LogP contribution is -2.44. The number of piperidine rings is 1. The third-order valence-electron chi connectivity index (χ3n) is 5.87. The number of carbonyl (C=O) groups is 2. The number of halogens is 3. The summed E-state index contributed by atoms with van der Waals surface area (Å²) in [5.41, 5.74) is 0.599. The molecule has 7 nitrogen and oxygen atoms in total. The molecule has 0 bridgehead atoms. The maximum atomic E-state index is 12.9. The number of rotatable bonds is 3. The van der Waals surface area contributed by atoms with Gasteiger partial charge in [0.15, 0.2) is 0 Å². The second kappa shape index (κ2) is 8.16. The van der Waals surface area contributed by atoms with Crippen molar-refractivity contribution in [3.63, 3.8) is 0 Å². The van der Waals surface area contributed by atoms with E-state index in [4.69, 9.17) is 0 Å². The first-order valence-electron chi connectivity index (χ1n) is 10.1. The number of hydrogen-bond acceptors (Lipinski definition) is 5. The first-order valence-corrected chi connectivity index (χ1v) is 10.1. The maximum absolute atomic E-state index is 12.9. The summed E-state index contributed by atoms with van der Waals surface area (Å²) in [7, 11) is 1.74. The Kier molecular flexibility index (Phi) is 5.55. The number of amides is 2. The number of aromatic nitrogens is 2. The summed E-state index contributed by atoms with van der Waals surface area (Å²) < 4.78 is 38.7. The molecule has 4 rings (SSSR count). The van der Waals surface area contributed by atoms with E-state index in [2.05, 4.69) is 15.3 Å². The highest BCUT2D eigenvalue weighted by molar-refractivity contribution is 5.90. The van der Waals surface area contributed by atoms with Gasteiger partial charge in [-0.25, -0.2) is 9.97 Å². The average Bonchev–Trinajstić information content (AvgIpc) is 2.76. The number of anilines is 1. The van der Waals surface area contributed by atoms with Crippen molar-refractivity contribution in [2.24, 2.45) is 5.92 Å². The van der Waals surface area contributed by atoms with Gasteiger partial charge in [0.05, 0.1) is 6.04 Å². The molecule has 1 N–H and O–H groups in total. The Morgan fingerprint density at radius 2 is 1.94 bits per heavy atom. The van der Waals surface area contributed by atoms with E-state index in [0.29, 0.717) is 38.0 Å². The molecule has 0 spiro atoms. The molecule has 3 aliphatic rings. The lowest BCUT2D eigenvalue weighted by atomic mass is 9.91. The molecule has 31 heavy (non-hydrogen) atoms. The van der Waals surface area contributed by atoms with Gasteiger partial charge in [0, 0.05) is 44.0 Å². The minimum atomic E-state index is -4.53.